The van der Waals surface area contributed by atoms with Crippen molar-refractivity contribution in [3.8, 4) is 5.88 Å². The van der Waals surface area contributed by atoms with E-state index in [1.54, 1.807) is 0 Å². The molecule has 0 bridgehead atoms. The third-order valence-corrected chi connectivity index (χ3v) is 5.06. The van der Waals surface area contributed by atoms with Crippen molar-refractivity contribution < 1.29 is 17.9 Å². The first kappa shape index (κ1) is 19.0. The fraction of sp³-hybridized carbons (Fsp3) is 0.421. The number of hydrogen-bond donors (Lipinski definition) is 1. The van der Waals surface area contributed by atoms with Gasteiger partial charge in [-0.05, 0) is 43.7 Å². The van der Waals surface area contributed by atoms with Crippen molar-refractivity contribution in [3.63, 3.8) is 0 Å². The molecule has 3 nitrogen and oxygen atoms in total. The summed E-state index contributed by atoms with van der Waals surface area (Å²) in [5.41, 5.74) is 0.390. The van der Waals surface area contributed by atoms with E-state index in [0.717, 1.165) is 31.8 Å². The van der Waals surface area contributed by atoms with Crippen LogP contribution in [0.15, 0.2) is 42.6 Å². The van der Waals surface area contributed by atoms with Gasteiger partial charge in [0, 0.05) is 35.7 Å². The van der Waals surface area contributed by atoms with Crippen LogP contribution < -0.4 is 10.1 Å². The van der Waals surface area contributed by atoms with Crippen LogP contribution in [0.5, 0.6) is 5.88 Å². The highest BCUT2D eigenvalue weighted by molar-refractivity contribution is 6.30. The second kappa shape index (κ2) is 7.84. The minimum atomic E-state index is -4.40. The SMILES string of the molecule is C[C@H](Oc1ccc(C(F)(F)F)cn1)C1CCNCC1c1ccc(Cl)cc1. The van der Waals surface area contributed by atoms with Gasteiger partial charge < -0.3 is 10.1 Å². The fourth-order valence-electron chi connectivity index (χ4n) is 3.41. The van der Waals surface area contributed by atoms with Crippen molar-refractivity contribution in [3.05, 3.63) is 58.7 Å². The van der Waals surface area contributed by atoms with Crippen LogP contribution in [-0.4, -0.2) is 24.2 Å². The van der Waals surface area contributed by atoms with Crippen molar-refractivity contribution >= 4 is 11.6 Å². The number of rotatable bonds is 4. The standard InChI is InChI=1S/C19H20ClF3N2O/c1-12(26-18-7-4-14(10-25-18)19(21,22)23)16-8-9-24-11-17(16)13-2-5-15(20)6-3-13/h2-7,10,12,16-17,24H,8-9,11H2,1H3/t12-,16?,17?/m0/s1. The van der Waals surface area contributed by atoms with Crippen molar-refractivity contribution in [2.75, 3.05) is 13.1 Å². The van der Waals surface area contributed by atoms with E-state index >= 15 is 0 Å². The molecule has 1 aliphatic rings. The highest BCUT2D eigenvalue weighted by Crippen LogP contribution is 2.34. The molecule has 3 atom stereocenters. The van der Waals surface area contributed by atoms with Crippen molar-refractivity contribution in [2.45, 2.75) is 31.5 Å². The van der Waals surface area contributed by atoms with Gasteiger partial charge in [0.2, 0.25) is 5.88 Å². The number of alkyl halides is 3. The third kappa shape index (κ3) is 4.48. The van der Waals surface area contributed by atoms with E-state index in [2.05, 4.69) is 10.3 Å². The minimum Gasteiger partial charge on any atom is -0.474 e. The number of piperidine rings is 1. The Kier molecular flexibility index (Phi) is 5.73. The number of aromatic nitrogens is 1. The number of halogens is 4. The lowest BCUT2D eigenvalue weighted by Crippen LogP contribution is -2.41. The van der Waals surface area contributed by atoms with Crippen LogP contribution in [0.4, 0.5) is 13.2 Å². The number of nitrogens with zero attached hydrogens (tertiary/aromatic N) is 1. The Labute approximate surface area is 155 Å². The van der Waals surface area contributed by atoms with Crippen LogP contribution in [0.1, 0.15) is 30.4 Å². The van der Waals surface area contributed by atoms with E-state index in [-0.39, 0.29) is 23.8 Å². The Morgan fingerprint density at radius 3 is 2.54 bits per heavy atom. The largest absolute Gasteiger partial charge is 0.474 e. The van der Waals surface area contributed by atoms with Gasteiger partial charge in [0.05, 0.1) is 5.56 Å². The van der Waals surface area contributed by atoms with E-state index in [1.165, 1.54) is 11.6 Å². The van der Waals surface area contributed by atoms with Crippen LogP contribution in [0, 0.1) is 5.92 Å². The smallest absolute Gasteiger partial charge is 0.417 e. The Morgan fingerprint density at radius 2 is 1.92 bits per heavy atom. The number of benzene rings is 1. The minimum absolute atomic E-state index is 0.179. The maximum absolute atomic E-state index is 12.6. The molecule has 1 aromatic carbocycles. The number of ether oxygens (including phenoxy) is 1. The molecule has 1 aliphatic heterocycles. The first-order valence-electron chi connectivity index (χ1n) is 8.50. The van der Waals surface area contributed by atoms with Gasteiger partial charge in [-0.15, -0.1) is 0 Å². The summed E-state index contributed by atoms with van der Waals surface area (Å²) < 4.78 is 43.8. The lowest BCUT2D eigenvalue weighted by atomic mass is 9.78. The van der Waals surface area contributed by atoms with E-state index in [1.807, 2.05) is 31.2 Å². The molecule has 140 valence electrons. The van der Waals surface area contributed by atoms with E-state index in [4.69, 9.17) is 16.3 Å². The molecular formula is C19H20ClF3N2O. The van der Waals surface area contributed by atoms with Gasteiger partial charge in [-0.3, -0.25) is 0 Å². The van der Waals surface area contributed by atoms with Crippen molar-refractivity contribution in [2.24, 2.45) is 5.92 Å². The van der Waals surface area contributed by atoms with Gasteiger partial charge in [0.15, 0.2) is 0 Å². The van der Waals surface area contributed by atoms with Crippen molar-refractivity contribution in [1.29, 1.82) is 0 Å². The predicted octanol–water partition coefficient (Wildman–Crippen LogP) is 4.91. The Balaban J connectivity index is 1.72. The van der Waals surface area contributed by atoms with Crippen LogP contribution in [0.25, 0.3) is 0 Å². The molecule has 0 spiro atoms. The Morgan fingerprint density at radius 1 is 1.19 bits per heavy atom. The van der Waals surface area contributed by atoms with Gasteiger partial charge in [0.1, 0.15) is 6.10 Å². The zero-order chi connectivity index (χ0) is 18.7. The molecule has 0 amide bonds. The number of pyridine rings is 1. The van der Waals surface area contributed by atoms with Crippen LogP contribution in [0.3, 0.4) is 0 Å². The second-order valence-corrected chi connectivity index (χ2v) is 6.96. The third-order valence-electron chi connectivity index (χ3n) is 4.81. The summed E-state index contributed by atoms with van der Waals surface area (Å²) in [5.74, 6) is 0.672. The molecule has 2 unspecified atom stereocenters. The van der Waals surface area contributed by atoms with E-state index < -0.39 is 11.7 Å². The maximum atomic E-state index is 12.6. The average Bonchev–Trinajstić information content (AvgIpc) is 2.62. The summed E-state index contributed by atoms with van der Waals surface area (Å²) in [6.07, 6.45) is -2.86. The summed E-state index contributed by atoms with van der Waals surface area (Å²) >= 11 is 5.97. The number of nitrogens with one attached hydrogen (secondary N) is 1. The monoisotopic (exact) mass is 384 g/mol. The molecule has 1 aromatic heterocycles. The van der Waals surface area contributed by atoms with Gasteiger partial charge in [0.25, 0.3) is 0 Å². The van der Waals surface area contributed by atoms with Gasteiger partial charge in [-0.2, -0.15) is 13.2 Å². The summed E-state index contributed by atoms with van der Waals surface area (Å²) in [6.45, 7) is 3.64. The molecule has 0 aliphatic carbocycles. The molecule has 26 heavy (non-hydrogen) atoms. The summed E-state index contributed by atoms with van der Waals surface area (Å²) in [4.78, 5) is 3.81. The summed E-state index contributed by atoms with van der Waals surface area (Å²) in [5, 5.41) is 4.08. The lowest BCUT2D eigenvalue weighted by Gasteiger charge is -2.36. The molecule has 2 heterocycles. The lowest BCUT2D eigenvalue weighted by molar-refractivity contribution is -0.137. The second-order valence-electron chi connectivity index (χ2n) is 6.52. The summed E-state index contributed by atoms with van der Waals surface area (Å²) in [7, 11) is 0. The van der Waals surface area contributed by atoms with Crippen LogP contribution in [0.2, 0.25) is 5.02 Å². The van der Waals surface area contributed by atoms with Gasteiger partial charge >= 0.3 is 6.18 Å². The predicted molar refractivity (Wildman–Crippen MR) is 94.5 cm³/mol. The molecule has 0 saturated carbocycles. The first-order chi connectivity index (χ1) is 12.3. The first-order valence-corrected chi connectivity index (χ1v) is 8.88. The zero-order valence-electron chi connectivity index (χ0n) is 14.3. The molecule has 2 aromatic rings. The van der Waals surface area contributed by atoms with E-state index in [0.29, 0.717) is 5.02 Å². The Bertz CT molecular complexity index is 719. The highest BCUT2D eigenvalue weighted by atomic mass is 35.5. The Hall–Kier alpha value is -1.79. The van der Waals surface area contributed by atoms with Gasteiger partial charge in [-0.25, -0.2) is 4.98 Å². The van der Waals surface area contributed by atoms with Crippen LogP contribution in [-0.2, 0) is 6.18 Å². The topological polar surface area (TPSA) is 34.1 Å². The van der Waals surface area contributed by atoms with Gasteiger partial charge in [-0.1, -0.05) is 23.7 Å². The molecule has 7 heteroatoms. The summed E-state index contributed by atoms with van der Waals surface area (Å²) in [6, 6.07) is 10.0. The average molecular weight is 385 g/mol. The number of hydrogen-bond acceptors (Lipinski definition) is 3. The van der Waals surface area contributed by atoms with Crippen LogP contribution >= 0.6 is 11.6 Å². The zero-order valence-corrected chi connectivity index (χ0v) is 15.0. The molecule has 1 fully saturated rings. The molecular weight excluding hydrogens is 365 g/mol. The molecule has 3 rings (SSSR count). The maximum Gasteiger partial charge on any atom is 0.417 e. The quantitative estimate of drug-likeness (QED) is 0.812. The normalized spacial score (nSPS) is 22.0. The van der Waals surface area contributed by atoms with Crippen molar-refractivity contribution in [1.82, 2.24) is 10.3 Å². The molecule has 1 saturated heterocycles. The molecule has 1 N–H and O–H groups in total. The highest BCUT2D eigenvalue weighted by Gasteiger charge is 2.33. The molecule has 0 radical (unpaired) electrons. The fourth-order valence-corrected chi connectivity index (χ4v) is 3.54. The van der Waals surface area contributed by atoms with E-state index in [9.17, 15) is 13.2 Å².